The van der Waals surface area contributed by atoms with Crippen molar-refractivity contribution in [2.75, 3.05) is 16.3 Å². The quantitative estimate of drug-likeness (QED) is 0.799. The molecule has 4 nitrogen and oxygen atoms in total. The summed E-state index contributed by atoms with van der Waals surface area (Å²) in [6, 6.07) is 7.87. The molecule has 0 radical (unpaired) electrons. The third-order valence-electron chi connectivity index (χ3n) is 2.92. The van der Waals surface area contributed by atoms with E-state index < -0.39 is 10.0 Å². The van der Waals surface area contributed by atoms with Crippen molar-refractivity contribution < 1.29 is 8.42 Å². The fourth-order valence-electron chi connectivity index (χ4n) is 1.94. The molecule has 7 heteroatoms. The standard InChI is InChI=1S/C14H17BrN2O2S2/c1-9-6-12(4-5-13(9)17-21(3,18)19)16-10(2)14-7-11(15)8-20-14/h4-8,10,16-17H,1-3H3. The lowest BCUT2D eigenvalue weighted by atomic mass is 10.1. The maximum Gasteiger partial charge on any atom is 0.229 e. The highest BCUT2D eigenvalue weighted by Gasteiger charge is 2.10. The number of halogens is 1. The van der Waals surface area contributed by atoms with E-state index in [9.17, 15) is 8.42 Å². The molecule has 1 aromatic carbocycles. The van der Waals surface area contributed by atoms with E-state index in [-0.39, 0.29) is 6.04 Å². The summed E-state index contributed by atoms with van der Waals surface area (Å²) < 4.78 is 26.1. The Labute approximate surface area is 137 Å². The van der Waals surface area contributed by atoms with Gasteiger partial charge >= 0.3 is 0 Å². The maximum absolute atomic E-state index is 11.3. The van der Waals surface area contributed by atoms with Crippen LogP contribution in [0, 0.1) is 6.92 Å². The molecule has 0 saturated carbocycles. The van der Waals surface area contributed by atoms with Crippen LogP contribution in [0.25, 0.3) is 0 Å². The molecule has 1 atom stereocenters. The highest BCUT2D eigenvalue weighted by Crippen LogP contribution is 2.29. The number of thiophene rings is 1. The molecule has 2 N–H and O–H groups in total. The predicted molar refractivity (Wildman–Crippen MR) is 93.7 cm³/mol. The lowest BCUT2D eigenvalue weighted by molar-refractivity contribution is 0.607. The van der Waals surface area contributed by atoms with Crippen molar-refractivity contribution in [3.8, 4) is 0 Å². The Kier molecular flexibility index (Phi) is 4.95. The van der Waals surface area contributed by atoms with E-state index in [2.05, 4.69) is 44.3 Å². The summed E-state index contributed by atoms with van der Waals surface area (Å²) in [6.45, 7) is 3.97. The van der Waals surface area contributed by atoms with E-state index in [4.69, 9.17) is 0 Å². The molecule has 21 heavy (non-hydrogen) atoms. The Bertz CT molecular complexity index is 741. The summed E-state index contributed by atoms with van der Waals surface area (Å²) in [6.07, 6.45) is 1.15. The van der Waals surface area contributed by atoms with Gasteiger partial charge < -0.3 is 5.32 Å². The largest absolute Gasteiger partial charge is 0.378 e. The van der Waals surface area contributed by atoms with Crippen LogP contribution < -0.4 is 10.0 Å². The van der Waals surface area contributed by atoms with Crippen molar-refractivity contribution in [2.45, 2.75) is 19.9 Å². The topological polar surface area (TPSA) is 58.2 Å². The lowest BCUT2D eigenvalue weighted by Gasteiger charge is -2.15. The zero-order valence-electron chi connectivity index (χ0n) is 12.0. The Morgan fingerprint density at radius 2 is 2.00 bits per heavy atom. The van der Waals surface area contributed by atoms with E-state index in [1.807, 2.05) is 19.1 Å². The van der Waals surface area contributed by atoms with Gasteiger partial charge in [-0.3, -0.25) is 4.72 Å². The molecule has 1 aromatic heterocycles. The maximum atomic E-state index is 11.3. The van der Waals surface area contributed by atoms with Crippen LogP contribution in [0.15, 0.2) is 34.1 Å². The Morgan fingerprint density at radius 1 is 1.29 bits per heavy atom. The third kappa shape index (κ3) is 4.72. The van der Waals surface area contributed by atoms with Crippen LogP contribution in [0.4, 0.5) is 11.4 Å². The van der Waals surface area contributed by atoms with Gasteiger partial charge in [0, 0.05) is 20.4 Å². The molecular weight excluding hydrogens is 372 g/mol. The Balaban J connectivity index is 2.13. The average molecular weight is 389 g/mol. The molecule has 0 aliphatic heterocycles. The molecule has 0 bridgehead atoms. The lowest BCUT2D eigenvalue weighted by Crippen LogP contribution is -2.11. The molecule has 1 heterocycles. The summed E-state index contributed by atoms with van der Waals surface area (Å²) in [4.78, 5) is 1.23. The molecule has 0 amide bonds. The van der Waals surface area contributed by atoms with E-state index in [1.165, 1.54) is 4.88 Å². The van der Waals surface area contributed by atoms with Crippen LogP contribution in [0.1, 0.15) is 23.4 Å². The second-order valence-corrected chi connectivity index (χ2v) is 8.54. The monoisotopic (exact) mass is 388 g/mol. The van der Waals surface area contributed by atoms with Gasteiger partial charge in [-0.15, -0.1) is 11.3 Å². The van der Waals surface area contributed by atoms with Gasteiger partial charge in [0.05, 0.1) is 18.0 Å². The molecule has 0 saturated heterocycles. The minimum absolute atomic E-state index is 0.189. The summed E-state index contributed by atoms with van der Waals surface area (Å²) in [5.74, 6) is 0. The number of aryl methyl sites for hydroxylation is 1. The summed E-state index contributed by atoms with van der Waals surface area (Å²) in [5.41, 5.74) is 2.45. The third-order valence-corrected chi connectivity index (χ3v) is 5.39. The molecule has 1 unspecified atom stereocenters. The number of hydrogen-bond donors (Lipinski definition) is 2. The van der Waals surface area contributed by atoms with E-state index in [1.54, 1.807) is 17.4 Å². The summed E-state index contributed by atoms with van der Waals surface area (Å²) >= 11 is 5.14. The first kappa shape index (κ1) is 16.3. The molecule has 0 spiro atoms. The van der Waals surface area contributed by atoms with Crippen molar-refractivity contribution in [2.24, 2.45) is 0 Å². The van der Waals surface area contributed by atoms with Gasteiger partial charge in [-0.25, -0.2) is 8.42 Å². The molecule has 114 valence electrons. The minimum Gasteiger partial charge on any atom is -0.378 e. The minimum atomic E-state index is -3.25. The molecule has 0 aliphatic rings. The number of rotatable bonds is 5. The van der Waals surface area contributed by atoms with Crippen molar-refractivity contribution >= 4 is 48.7 Å². The van der Waals surface area contributed by atoms with Gasteiger partial charge in [-0.1, -0.05) is 0 Å². The van der Waals surface area contributed by atoms with Crippen LogP contribution >= 0.6 is 27.3 Å². The fourth-order valence-corrected chi connectivity index (χ4v) is 4.03. The highest BCUT2D eigenvalue weighted by atomic mass is 79.9. The fraction of sp³-hybridized carbons (Fsp3) is 0.286. The number of sulfonamides is 1. The number of hydrogen-bond acceptors (Lipinski definition) is 4. The summed E-state index contributed by atoms with van der Waals surface area (Å²) in [7, 11) is -3.25. The predicted octanol–water partition coefficient (Wildman–Crippen LogP) is 4.36. The van der Waals surface area contributed by atoms with Crippen molar-refractivity contribution in [1.29, 1.82) is 0 Å². The Morgan fingerprint density at radius 3 is 2.52 bits per heavy atom. The second kappa shape index (κ2) is 6.37. The van der Waals surface area contributed by atoms with Crippen molar-refractivity contribution in [1.82, 2.24) is 0 Å². The smallest absolute Gasteiger partial charge is 0.229 e. The van der Waals surface area contributed by atoms with Gasteiger partial charge in [0.2, 0.25) is 10.0 Å². The number of benzene rings is 1. The van der Waals surface area contributed by atoms with Crippen LogP contribution in [-0.2, 0) is 10.0 Å². The van der Waals surface area contributed by atoms with E-state index >= 15 is 0 Å². The molecule has 2 aromatic rings. The second-order valence-electron chi connectivity index (χ2n) is 4.94. The van der Waals surface area contributed by atoms with E-state index in [0.29, 0.717) is 5.69 Å². The first-order chi connectivity index (χ1) is 9.74. The van der Waals surface area contributed by atoms with E-state index in [0.717, 1.165) is 22.0 Å². The SMILES string of the molecule is Cc1cc(NC(C)c2cc(Br)cs2)ccc1NS(C)(=O)=O. The zero-order chi connectivity index (χ0) is 15.6. The summed E-state index contributed by atoms with van der Waals surface area (Å²) in [5, 5.41) is 5.47. The highest BCUT2D eigenvalue weighted by molar-refractivity contribution is 9.10. The first-order valence-corrected chi connectivity index (χ1v) is 9.90. The van der Waals surface area contributed by atoms with Crippen molar-refractivity contribution in [3.05, 3.63) is 44.6 Å². The van der Waals surface area contributed by atoms with Crippen LogP contribution in [0.5, 0.6) is 0 Å². The van der Waals surface area contributed by atoms with Gasteiger partial charge in [0.25, 0.3) is 0 Å². The van der Waals surface area contributed by atoms with Crippen molar-refractivity contribution in [3.63, 3.8) is 0 Å². The Hall–Kier alpha value is -1.05. The average Bonchev–Trinajstić information content (AvgIpc) is 2.78. The molecular formula is C14H17BrN2O2S2. The number of anilines is 2. The van der Waals surface area contributed by atoms with Gasteiger partial charge in [0.15, 0.2) is 0 Å². The normalized spacial score (nSPS) is 13.0. The zero-order valence-corrected chi connectivity index (χ0v) is 15.2. The van der Waals surface area contributed by atoms with Gasteiger partial charge in [0.1, 0.15) is 0 Å². The first-order valence-electron chi connectivity index (χ1n) is 6.33. The van der Waals surface area contributed by atoms with Crippen LogP contribution in [0.2, 0.25) is 0 Å². The van der Waals surface area contributed by atoms with Gasteiger partial charge in [-0.05, 0) is 59.6 Å². The number of nitrogens with one attached hydrogen (secondary N) is 2. The molecule has 2 rings (SSSR count). The molecule has 0 fully saturated rings. The van der Waals surface area contributed by atoms with Crippen LogP contribution in [0.3, 0.4) is 0 Å². The van der Waals surface area contributed by atoms with Crippen LogP contribution in [-0.4, -0.2) is 14.7 Å². The molecule has 0 aliphatic carbocycles. The van der Waals surface area contributed by atoms with Gasteiger partial charge in [-0.2, -0.15) is 0 Å².